The maximum atomic E-state index is 4.38. The van der Waals surface area contributed by atoms with Crippen LogP contribution in [-0.2, 0) is 0 Å². The Balaban J connectivity index is 1.94. The molecule has 1 fully saturated rings. The number of nitrogens with zero attached hydrogens (tertiary/aromatic N) is 2. The standard InChI is InChI=1S/C12H20N4/c1-9-7-11(16-12(13-2)15-9)14-8-10-5-3-4-6-10/h7,10H,3-6,8H2,1-2H3,(H2,13,14,15,16). The number of aromatic nitrogens is 2. The van der Waals surface area contributed by atoms with Gasteiger partial charge in [0.15, 0.2) is 0 Å². The van der Waals surface area contributed by atoms with Crippen molar-refractivity contribution in [1.82, 2.24) is 9.97 Å². The molecule has 0 atom stereocenters. The van der Waals surface area contributed by atoms with Gasteiger partial charge in [0.05, 0.1) is 0 Å². The first-order chi connectivity index (χ1) is 7.78. The van der Waals surface area contributed by atoms with Gasteiger partial charge < -0.3 is 10.6 Å². The lowest BCUT2D eigenvalue weighted by atomic mass is 10.1. The highest BCUT2D eigenvalue weighted by molar-refractivity contribution is 5.41. The van der Waals surface area contributed by atoms with E-state index in [1.165, 1.54) is 25.7 Å². The molecule has 4 nitrogen and oxygen atoms in total. The van der Waals surface area contributed by atoms with E-state index in [2.05, 4.69) is 20.6 Å². The van der Waals surface area contributed by atoms with Crippen LogP contribution in [0.3, 0.4) is 0 Å². The Labute approximate surface area is 96.9 Å². The molecule has 2 N–H and O–H groups in total. The molecule has 0 amide bonds. The molecule has 2 rings (SSSR count). The normalized spacial score (nSPS) is 16.4. The first-order valence-electron chi connectivity index (χ1n) is 6.05. The zero-order chi connectivity index (χ0) is 11.4. The maximum absolute atomic E-state index is 4.38. The van der Waals surface area contributed by atoms with Crippen LogP contribution in [0.1, 0.15) is 31.4 Å². The SMILES string of the molecule is CNc1nc(C)cc(NCC2CCCC2)n1. The van der Waals surface area contributed by atoms with Gasteiger partial charge in [0.25, 0.3) is 0 Å². The topological polar surface area (TPSA) is 49.8 Å². The first-order valence-corrected chi connectivity index (χ1v) is 6.05. The van der Waals surface area contributed by atoms with E-state index in [9.17, 15) is 0 Å². The molecule has 0 spiro atoms. The Bertz CT molecular complexity index is 345. The van der Waals surface area contributed by atoms with Crippen LogP contribution in [0.5, 0.6) is 0 Å². The summed E-state index contributed by atoms with van der Waals surface area (Å²) in [5.74, 6) is 2.45. The molecule has 88 valence electrons. The van der Waals surface area contributed by atoms with E-state index in [0.29, 0.717) is 5.95 Å². The van der Waals surface area contributed by atoms with Gasteiger partial charge in [-0.2, -0.15) is 4.98 Å². The van der Waals surface area contributed by atoms with Crippen LogP contribution in [0.4, 0.5) is 11.8 Å². The number of anilines is 2. The molecule has 0 unspecified atom stereocenters. The number of nitrogens with one attached hydrogen (secondary N) is 2. The van der Waals surface area contributed by atoms with Crippen molar-refractivity contribution < 1.29 is 0 Å². The van der Waals surface area contributed by atoms with Crippen molar-refractivity contribution in [1.29, 1.82) is 0 Å². The van der Waals surface area contributed by atoms with Crippen LogP contribution in [0.25, 0.3) is 0 Å². The summed E-state index contributed by atoms with van der Waals surface area (Å²) in [6, 6.07) is 2.00. The Morgan fingerprint density at radius 3 is 2.75 bits per heavy atom. The lowest BCUT2D eigenvalue weighted by Crippen LogP contribution is -2.13. The van der Waals surface area contributed by atoms with Crippen molar-refractivity contribution in [2.75, 3.05) is 24.2 Å². The second kappa shape index (κ2) is 5.14. The highest BCUT2D eigenvalue weighted by atomic mass is 15.1. The summed E-state index contributed by atoms with van der Waals surface area (Å²) < 4.78 is 0. The summed E-state index contributed by atoms with van der Waals surface area (Å²) in [7, 11) is 1.84. The van der Waals surface area contributed by atoms with Crippen LogP contribution in [0, 0.1) is 12.8 Å². The predicted molar refractivity (Wildman–Crippen MR) is 66.8 cm³/mol. The van der Waals surface area contributed by atoms with Crippen LogP contribution in [0.2, 0.25) is 0 Å². The molecule has 1 saturated carbocycles. The highest BCUT2D eigenvalue weighted by Gasteiger charge is 2.14. The molecule has 0 saturated heterocycles. The van der Waals surface area contributed by atoms with Gasteiger partial charge in [-0.15, -0.1) is 0 Å². The van der Waals surface area contributed by atoms with Crippen molar-refractivity contribution in [2.24, 2.45) is 5.92 Å². The van der Waals surface area contributed by atoms with Gasteiger partial charge in [0.2, 0.25) is 5.95 Å². The zero-order valence-electron chi connectivity index (χ0n) is 10.1. The highest BCUT2D eigenvalue weighted by Crippen LogP contribution is 2.24. The molecule has 1 heterocycles. The lowest BCUT2D eigenvalue weighted by molar-refractivity contribution is 0.579. The Hall–Kier alpha value is -1.32. The monoisotopic (exact) mass is 220 g/mol. The fourth-order valence-electron chi connectivity index (χ4n) is 2.23. The van der Waals surface area contributed by atoms with Gasteiger partial charge in [-0.25, -0.2) is 4.98 Å². The molecule has 4 heteroatoms. The van der Waals surface area contributed by atoms with Crippen molar-refractivity contribution in [2.45, 2.75) is 32.6 Å². The summed E-state index contributed by atoms with van der Waals surface area (Å²) in [5, 5.41) is 6.38. The zero-order valence-corrected chi connectivity index (χ0v) is 10.1. The molecule has 0 bridgehead atoms. The molecule has 1 aromatic heterocycles. The summed E-state index contributed by atoms with van der Waals surface area (Å²) in [5.41, 5.74) is 0.994. The second-order valence-electron chi connectivity index (χ2n) is 4.50. The van der Waals surface area contributed by atoms with Crippen LogP contribution < -0.4 is 10.6 Å². The van der Waals surface area contributed by atoms with Gasteiger partial charge in [0, 0.05) is 25.4 Å². The van der Waals surface area contributed by atoms with E-state index >= 15 is 0 Å². The second-order valence-corrected chi connectivity index (χ2v) is 4.50. The Morgan fingerprint density at radius 1 is 1.31 bits per heavy atom. The third-order valence-electron chi connectivity index (χ3n) is 3.12. The molecule has 0 radical (unpaired) electrons. The van der Waals surface area contributed by atoms with Gasteiger partial charge in [-0.1, -0.05) is 12.8 Å². The average molecular weight is 220 g/mol. The quantitative estimate of drug-likeness (QED) is 0.818. The van der Waals surface area contributed by atoms with Crippen LogP contribution >= 0.6 is 0 Å². The molecule has 16 heavy (non-hydrogen) atoms. The van der Waals surface area contributed by atoms with E-state index in [4.69, 9.17) is 0 Å². The van der Waals surface area contributed by atoms with Crippen LogP contribution in [-0.4, -0.2) is 23.6 Å². The Morgan fingerprint density at radius 2 is 2.06 bits per heavy atom. The van der Waals surface area contributed by atoms with Crippen molar-refractivity contribution >= 4 is 11.8 Å². The molecule has 0 aromatic carbocycles. The molecule has 0 aliphatic heterocycles. The van der Waals surface area contributed by atoms with Gasteiger partial charge in [-0.05, 0) is 25.7 Å². The minimum Gasteiger partial charge on any atom is -0.370 e. The molecule has 1 aromatic rings. The fraction of sp³-hybridized carbons (Fsp3) is 0.667. The Kier molecular flexibility index (Phi) is 3.59. The summed E-state index contributed by atoms with van der Waals surface area (Å²) in [4.78, 5) is 8.65. The van der Waals surface area contributed by atoms with Crippen molar-refractivity contribution in [3.63, 3.8) is 0 Å². The summed E-state index contributed by atoms with van der Waals surface area (Å²) >= 11 is 0. The van der Waals surface area contributed by atoms with Crippen LogP contribution in [0.15, 0.2) is 6.07 Å². The third-order valence-corrected chi connectivity index (χ3v) is 3.12. The first kappa shape index (κ1) is 11.2. The molecular formula is C12H20N4. The van der Waals surface area contributed by atoms with Gasteiger partial charge in [0.1, 0.15) is 5.82 Å². The average Bonchev–Trinajstić information content (AvgIpc) is 2.78. The lowest BCUT2D eigenvalue weighted by Gasteiger charge is -2.12. The molecule has 1 aliphatic rings. The number of rotatable bonds is 4. The van der Waals surface area contributed by atoms with Crippen molar-refractivity contribution in [3.8, 4) is 0 Å². The molecule has 1 aliphatic carbocycles. The third kappa shape index (κ3) is 2.84. The fourth-order valence-corrected chi connectivity index (χ4v) is 2.23. The predicted octanol–water partition coefficient (Wildman–Crippen LogP) is 2.43. The van der Waals surface area contributed by atoms with E-state index < -0.39 is 0 Å². The number of aryl methyl sites for hydroxylation is 1. The minimum absolute atomic E-state index is 0.689. The van der Waals surface area contributed by atoms with Gasteiger partial charge in [-0.3, -0.25) is 0 Å². The minimum atomic E-state index is 0.689. The molecular weight excluding hydrogens is 200 g/mol. The van der Waals surface area contributed by atoms with E-state index in [0.717, 1.165) is 24.0 Å². The maximum Gasteiger partial charge on any atom is 0.224 e. The summed E-state index contributed by atoms with van der Waals surface area (Å²) in [6.45, 7) is 3.03. The number of hydrogen-bond donors (Lipinski definition) is 2. The summed E-state index contributed by atoms with van der Waals surface area (Å²) in [6.07, 6.45) is 5.49. The smallest absolute Gasteiger partial charge is 0.224 e. The van der Waals surface area contributed by atoms with Crippen molar-refractivity contribution in [3.05, 3.63) is 11.8 Å². The van der Waals surface area contributed by atoms with E-state index in [1.807, 2.05) is 20.0 Å². The largest absolute Gasteiger partial charge is 0.370 e. The van der Waals surface area contributed by atoms with E-state index in [-0.39, 0.29) is 0 Å². The van der Waals surface area contributed by atoms with Gasteiger partial charge >= 0.3 is 0 Å². The van der Waals surface area contributed by atoms with E-state index in [1.54, 1.807) is 0 Å². The number of hydrogen-bond acceptors (Lipinski definition) is 4.